The number of hydrogen-bond donors (Lipinski definition) is 0. The lowest BCUT2D eigenvalue weighted by Gasteiger charge is -1.95. The fourth-order valence-corrected chi connectivity index (χ4v) is 0.953. The Morgan fingerprint density at radius 1 is 1.57 bits per heavy atom. The first-order valence-corrected chi connectivity index (χ1v) is 4.97. The van der Waals surface area contributed by atoms with Crippen LogP contribution in [0.3, 0.4) is 0 Å². The van der Waals surface area contributed by atoms with Crippen LogP contribution in [0.25, 0.3) is 6.20 Å². The summed E-state index contributed by atoms with van der Waals surface area (Å²) in [4.78, 5) is 3.88. The van der Waals surface area contributed by atoms with E-state index in [0.717, 1.165) is 17.8 Å². The summed E-state index contributed by atoms with van der Waals surface area (Å²) in [6, 6.07) is 0. The monoisotopic (exact) mass is 193 g/mol. The highest BCUT2D eigenvalue weighted by Gasteiger charge is 2.00. The lowest BCUT2D eigenvalue weighted by Crippen LogP contribution is -1.86. The quantitative estimate of drug-likeness (QED) is 0.676. The first kappa shape index (κ1) is 12.6. The average Bonchev–Trinajstić information content (AvgIpc) is 2.59. The molecule has 78 valence electrons. The Balaban J connectivity index is 0.000000791. The van der Waals surface area contributed by atoms with Gasteiger partial charge >= 0.3 is 0 Å². The zero-order valence-corrected chi connectivity index (χ0v) is 9.49. The SMILES string of the molecule is C=Nc1c(C)cnn1/C=C\CC.CC. The van der Waals surface area contributed by atoms with Gasteiger partial charge in [-0.15, -0.1) is 0 Å². The molecule has 1 aromatic rings. The summed E-state index contributed by atoms with van der Waals surface area (Å²) in [5, 5.41) is 4.12. The molecule has 0 saturated carbocycles. The van der Waals surface area contributed by atoms with Crippen LogP contribution in [0.1, 0.15) is 32.8 Å². The summed E-state index contributed by atoms with van der Waals surface area (Å²) in [6.07, 6.45) is 6.71. The smallest absolute Gasteiger partial charge is 0.157 e. The number of nitrogens with zero attached hydrogens (tertiary/aromatic N) is 3. The molecule has 0 spiro atoms. The molecule has 3 heteroatoms. The Morgan fingerprint density at radius 3 is 2.71 bits per heavy atom. The molecule has 14 heavy (non-hydrogen) atoms. The number of hydrogen-bond acceptors (Lipinski definition) is 2. The summed E-state index contributed by atoms with van der Waals surface area (Å²) in [5.41, 5.74) is 1.05. The van der Waals surface area contributed by atoms with Crippen molar-refractivity contribution in [1.82, 2.24) is 9.78 Å². The van der Waals surface area contributed by atoms with E-state index in [0.29, 0.717) is 0 Å². The van der Waals surface area contributed by atoms with E-state index in [-0.39, 0.29) is 0 Å². The molecule has 0 atom stereocenters. The molecule has 0 aliphatic rings. The Bertz CT molecular complexity index is 297. The minimum Gasteiger partial charge on any atom is -0.245 e. The molecule has 0 bridgehead atoms. The summed E-state index contributed by atoms with van der Waals surface area (Å²) in [5.74, 6) is 0.819. The van der Waals surface area contributed by atoms with E-state index in [4.69, 9.17) is 0 Å². The summed E-state index contributed by atoms with van der Waals surface area (Å²) < 4.78 is 1.73. The van der Waals surface area contributed by atoms with Crippen molar-refractivity contribution in [3.8, 4) is 0 Å². The molecule has 0 unspecified atom stereocenters. The highest BCUT2D eigenvalue weighted by atomic mass is 15.3. The van der Waals surface area contributed by atoms with E-state index < -0.39 is 0 Å². The van der Waals surface area contributed by atoms with Gasteiger partial charge in [-0.2, -0.15) is 5.10 Å². The van der Waals surface area contributed by atoms with Crippen LogP contribution in [0.2, 0.25) is 0 Å². The van der Waals surface area contributed by atoms with Crippen LogP contribution in [0.5, 0.6) is 0 Å². The van der Waals surface area contributed by atoms with Crippen LogP contribution in [0.15, 0.2) is 17.3 Å². The molecule has 0 aliphatic carbocycles. The third-order valence-electron chi connectivity index (χ3n) is 1.58. The van der Waals surface area contributed by atoms with Gasteiger partial charge in [0.1, 0.15) is 0 Å². The van der Waals surface area contributed by atoms with Gasteiger partial charge in [0.15, 0.2) is 5.82 Å². The molecule has 1 aromatic heterocycles. The lowest BCUT2D eigenvalue weighted by molar-refractivity contribution is 0.929. The van der Waals surface area contributed by atoms with Crippen LogP contribution in [-0.4, -0.2) is 16.5 Å². The molecule has 0 N–H and O–H groups in total. The average molecular weight is 193 g/mol. The van der Waals surface area contributed by atoms with Crippen LogP contribution < -0.4 is 0 Å². The molecule has 1 heterocycles. The third-order valence-corrected chi connectivity index (χ3v) is 1.58. The lowest BCUT2D eigenvalue weighted by atomic mass is 10.4. The van der Waals surface area contributed by atoms with Gasteiger partial charge in [-0.3, -0.25) is 0 Å². The molecule has 1 rings (SSSR count). The van der Waals surface area contributed by atoms with Gasteiger partial charge in [-0.05, 0) is 20.1 Å². The summed E-state index contributed by atoms with van der Waals surface area (Å²) in [7, 11) is 0. The number of rotatable bonds is 3. The Hall–Kier alpha value is -1.38. The summed E-state index contributed by atoms with van der Waals surface area (Å²) in [6.45, 7) is 11.5. The molecule has 0 saturated heterocycles. The molecule has 0 fully saturated rings. The van der Waals surface area contributed by atoms with Gasteiger partial charge < -0.3 is 0 Å². The fourth-order valence-electron chi connectivity index (χ4n) is 0.953. The number of aromatic nitrogens is 2. The van der Waals surface area contributed by atoms with Crippen molar-refractivity contribution in [3.63, 3.8) is 0 Å². The van der Waals surface area contributed by atoms with Crippen molar-refractivity contribution >= 4 is 18.7 Å². The maximum absolute atomic E-state index is 4.12. The van der Waals surface area contributed by atoms with Crippen molar-refractivity contribution in [2.75, 3.05) is 0 Å². The van der Waals surface area contributed by atoms with Gasteiger partial charge in [0.05, 0.1) is 6.20 Å². The van der Waals surface area contributed by atoms with Gasteiger partial charge in [-0.1, -0.05) is 26.8 Å². The molecule has 0 aromatic carbocycles. The first-order valence-electron chi connectivity index (χ1n) is 4.97. The first-order chi connectivity index (χ1) is 6.79. The van der Waals surface area contributed by atoms with Crippen molar-refractivity contribution in [2.24, 2.45) is 4.99 Å². The van der Waals surface area contributed by atoms with Gasteiger partial charge in [0.2, 0.25) is 0 Å². The molecule has 3 nitrogen and oxygen atoms in total. The van der Waals surface area contributed by atoms with E-state index >= 15 is 0 Å². The number of aryl methyl sites for hydroxylation is 1. The Labute approximate surface area is 86.2 Å². The van der Waals surface area contributed by atoms with Crippen LogP contribution in [0.4, 0.5) is 5.82 Å². The van der Waals surface area contributed by atoms with Crippen molar-refractivity contribution in [2.45, 2.75) is 34.1 Å². The molecular formula is C11H19N3. The maximum atomic E-state index is 4.12. The topological polar surface area (TPSA) is 30.2 Å². The number of aliphatic imine (C=N–C) groups is 1. The summed E-state index contributed by atoms with van der Waals surface area (Å²) >= 11 is 0. The third kappa shape index (κ3) is 3.17. The minimum atomic E-state index is 0.819. The predicted molar refractivity (Wildman–Crippen MR) is 63.1 cm³/mol. The van der Waals surface area contributed by atoms with E-state index in [1.54, 1.807) is 10.9 Å². The van der Waals surface area contributed by atoms with Gasteiger partial charge in [0.25, 0.3) is 0 Å². The molecule has 0 aliphatic heterocycles. The second kappa shape index (κ2) is 7.06. The van der Waals surface area contributed by atoms with E-state index in [2.05, 4.69) is 23.7 Å². The normalized spacial score (nSPS) is 9.71. The standard InChI is InChI=1S/C9H13N3.C2H6/c1-4-5-6-12-9(10-3)8(2)7-11-12;1-2/h5-7H,3-4H2,1-2H3;1-2H3/b6-5-;. The van der Waals surface area contributed by atoms with Crippen molar-refractivity contribution in [3.05, 3.63) is 17.8 Å². The molecule has 0 radical (unpaired) electrons. The van der Waals surface area contributed by atoms with Crippen LogP contribution >= 0.6 is 0 Å². The number of allylic oxidation sites excluding steroid dienone is 1. The van der Waals surface area contributed by atoms with Crippen molar-refractivity contribution in [1.29, 1.82) is 0 Å². The van der Waals surface area contributed by atoms with Gasteiger partial charge in [-0.25, -0.2) is 9.67 Å². The van der Waals surface area contributed by atoms with Gasteiger partial charge in [0, 0.05) is 11.8 Å². The van der Waals surface area contributed by atoms with E-state index in [9.17, 15) is 0 Å². The molecular weight excluding hydrogens is 174 g/mol. The predicted octanol–water partition coefficient (Wildman–Crippen LogP) is 3.43. The largest absolute Gasteiger partial charge is 0.245 e. The highest BCUT2D eigenvalue weighted by molar-refractivity contribution is 5.49. The Morgan fingerprint density at radius 2 is 2.21 bits per heavy atom. The second-order valence-corrected chi connectivity index (χ2v) is 2.55. The van der Waals surface area contributed by atoms with Crippen LogP contribution in [-0.2, 0) is 0 Å². The highest BCUT2D eigenvalue weighted by Crippen LogP contribution is 2.16. The maximum Gasteiger partial charge on any atom is 0.157 e. The zero-order valence-electron chi connectivity index (χ0n) is 9.49. The van der Waals surface area contributed by atoms with Crippen molar-refractivity contribution < 1.29 is 0 Å². The minimum absolute atomic E-state index is 0.819. The molecule has 0 amide bonds. The fraction of sp³-hybridized carbons (Fsp3) is 0.455. The Kier molecular flexibility index (Phi) is 6.37. The second-order valence-electron chi connectivity index (χ2n) is 2.55. The van der Waals surface area contributed by atoms with E-state index in [1.165, 1.54) is 0 Å². The van der Waals surface area contributed by atoms with E-state index in [1.807, 2.05) is 33.0 Å². The van der Waals surface area contributed by atoms with Crippen LogP contribution in [0, 0.1) is 6.92 Å². The zero-order chi connectivity index (χ0) is 11.0.